The van der Waals surface area contributed by atoms with Gasteiger partial charge in [-0.25, -0.2) is 0 Å². The van der Waals surface area contributed by atoms with Crippen molar-refractivity contribution in [2.45, 2.75) is 64.9 Å². The molecule has 1 nitrogen and oxygen atoms in total. The largest absolute Gasteiger partial charge is 0.379 e. The van der Waals surface area contributed by atoms with Crippen molar-refractivity contribution >= 4 is 0 Å². The van der Waals surface area contributed by atoms with Crippen LogP contribution < -0.4 is 0 Å². The molecule has 0 fully saturated rings. The van der Waals surface area contributed by atoms with Crippen LogP contribution in [0, 0.1) is 0 Å². The molecule has 18 heavy (non-hydrogen) atoms. The zero-order chi connectivity index (χ0) is 13.1. The smallest absolute Gasteiger partial charge is 0.0546 e. The molecule has 0 N–H and O–H groups in total. The summed E-state index contributed by atoms with van der Waals surface area (Å²) in [6.07, 6.45) is 9.20. The van der Waals surface area contributed by atoms with E-state index in [0.29, 0.717) is 6.10 Å². The van der Waals surface area contributed by atoms with E-state index in [4.69, 9.17) is 4.74 Å². The minimum atomic E-state index is 0.444. The van der Waals surface area contributed by atoms with Gasteiger partial charge in [-0.2, -0.15) is 0 Å². The second-order valence-electron chi connectivity index (χ2n) is 5.12. The Morgan fingerprint density at radius 1 is 1.00 bits per heavy atom. The van der Waals surface area contributed by atoms with E-state index in [1.807, 2.05) is 0 Å². The first-order chi connectivity index (χ1) is 8.83. The van der Waals surface area contributed by atoms with Gasteiger partial charge in [0.1, 0.15) is 0 Å². The van der Waals surface area contributed by atoms with Gasteiger partial charge >= 0.3 is 0 Å². The number of rotatable bonds is 10. The number of aryl methyl sites for hydroxylation is 1. The molecule has 0 aliphatic carbocycles. The highest BCUT2D eigenvalue weighted by Crippen LogP contribution is 2.08. The molecule has 0 spiro atoms. The molecule has 0 aliphatic heterocycles. The summed E-state index contributed by atoms with van der Waals surface area (Å²) >= 11 is 0. The van der Waals surface area contributed by atoms with Crippen LogP contribution in [-0.2, 0) is 11.2 Å². The summed E-state index contributed by atoms with van der Waals surface area (Å²) in [4.78, 5) is 0. The first-order valence-electron chi connectivity index (χ1n) is 7.48. The van der Waals surface area contributed by atoms with Gasteiger partial charge in [0.2, 0.25) is 0 Å². The van der Waals surface area contributed by atoms with Gasteiger partial charge in [-0.05, 0) is 38.2 Å². The lowest BCUT2D eigenvalue weighted by Crippen LogP contribution is -2.08. The van der Waals surface area contributed by atoms with E-state index in [1.54, 1.807) is 0 Å². The second kappa shape index (κ2) is 10.1. The molecule has 1 rings (SSSR count). The van der Waals surface area contributed by atoms with E-state index < -0.39 is 0 Å². The number of hydrogen-bond acceptors (Lipinski definition) is 1. The van der Waals surface area contributed by atoms with Crippen molar-refractivity contribution in [2.75, 3.05) is 6.61 Å². The minimum absolute atomic E-state index is 0.444. The predicted octanol–water partition coefficient (Wildman–Crippen LogP) is 4.99. The molecule has 102 valence electrons. The minimum Gasteiger partial charge on any atom is -0.379 e. The number of hydrogen-bond donors (Lipinski definition) is 0. The number of benzene rings is 1. The number of ether oxygens (including phenoxy) is 1. The highest BCUT2D eigenvalue weighted by molar-refractivity contribution is 5.14. The topological polar surface area (TPSA) is 9.23 Å². The molecule has 1 aromatic carbocycles. The van der Waals surface area contributed by atoms with Crippen LogP contribution in [0.15, 0.2) is 30.3 Å². The third kappa shape index (κ3) is 7.50. The van der Waals surface area contributed by atoms with Crippen LogP contribution in [-0.4, -0.2) is 12.7 Å². The summed E-state index contributed by atoms with van der Waals surface area (Å²) in [5.74, 6) is 0. The fourth-order valence-electron chi connectivity index (χ4n) is 2.20. The Kier molecular flexibility index (Phi) is 8.58. The Balaban J connectivity index is 1.90. The summed E-state index contributed by atoms with van der Waals surface area (Å²) in [7, 11) is 0. The standard InChI is InChI=1S/C17H28O/c1-3-11-16(2)18-15-10-5-4-7-12-17-13-8-6-9-14-17/h6,8-9,13-14,16H,3-5,7,10-12,15H2,1-2H3. The lowest BCUT2D eigenvalue weighted by atomic mass is 10.1. The highest BCUT2D eigenvalue weighted by atomic mass is 16.5. The van der Waals surface area contributed by atoms with Crippen molar-refractivity contribution in [3.05, 3.63) is 35.9 Å². The lowest BCUT2D eigenvalue weighted by molar-refractivity contribution is 0.0571. The molecule has 0 radical (unpaired) electrons. The molecule has 0 saturated heterocycles. The van der Waals surface area contributed by atoms with E-state index in [2.05, 4.69) is 44.2 Å². The Morgan fingerprint density at radius 2 is 1.72 bits per heavy atom. The van der Waals surface area contributed by atoms with Crippen LogP contribution in [0.4, 0.5) is 0 Å². The van der Waals surface area contributed by atoms with Gasteiger partial charge in [0, 0.05) is 6.61 Å². The van der Waals surface area contributed by atoms with Crippen molar-refractivity contribution in [3.8, 4) is 0 Å². The van der Waals surface area contributed by atoms with Crippen molar-refractivity contribution in [3.63, 3.8) is 0 Å². The molecule has 0 saturated carbocycles. The van der Waals surface area contributed by atoms with Crippen LogP contribution in [0.3, 0.4) is 0 Å². The van der Waals surface area contributed by atoms with Crippen LogP contribution in [0.25, 0.3) is 0 Å². The van der Waals surface area contributed by atoms with Gasteiger partial charge in [-0.3, -0.25) is 0 Å². The summed E-state index contributed by atoms with van der Waals surface area (Å²) in [6.45, 7) is 5.33. The van der Waals surface area contributed by atoms with Crippen LogP contribution in [0.1, 0.15) is 57.9 Å². The van der Waals surface area contributed by atoms with E-state index in [9.17, 15) is 0 Å². The first kappa shape index (κ1) is 15.2. The average molecular weight is 248 g/mol. The molecule has 0 aliphatic rings. The molecule has 0 amide bonds. The van der Waals surface area contributed by atoms with Crippen LogP contribution >= 0.6 is 0 Å². The second-order valence-corrected chi connectivity index (χ2v) is 5.12. The van der Waals surface area contributed by atoms with Gasteiger partial charge in [0.25, 0.3) is 0 Å². The van der Waals surface area contributed by atoms with Crippen molar-refractivity contribution in [2.24, 2.45) is 0 Å². The molecule has 1 unspecified atom stereocenters. The van der Waals surface area contributed by atoms with E-state index >= 15 is 0 Å². The van der Waals surface area contributed by atoms with Crippen molar-refractivity contribution in [1.82, 2.24) is 0 Å². The number of unbranched alkanes of at least 4 members (excludes halogenated alkanes) is 3. The predicted molar refractivity (Wildman–Crippen MR) is 78.9 cm³/mol. The van der Waals surface area contributed by atoms with Gasteiger partial charge in [0.15, 0.2) is 0 Å². The molecule has 1 heteroatoms. The van der Waals surface area contributed by atoms with Gasteiger partial charge < -0.3 is 4.74 Å². The zero-order valence-electron chi connectivity index (χ0n) is 12.0. The molecule has 1 aromatic rings. The Bertz CT molecular complexity index is 281. The van der Waals surface area contributed by atoms with Crippen LogP contribution in [0.2, 0.25) is 0 Å². The summed E-state index contributed by atoms with van der Waals surface area (Å²) < 4.78 is 5.75. The fraction of sp³-hybridized carbons (Fsp3) is 0.647. The molecular weight excluding hydrogens is 220 g/mol. The van der Waals surface area contributed by atoms with Gasteiger partial charge in [-0.15, -0.1) is 0 Å². The van der Waals surface area contributed by atoms with Crippen LogP contribution in [0.5, 0.6) is 0 Å². The van der Waals surface area contributed by atoms with E-state index in [-0.39, 0.29) is 0 Å². The highest BCUT2D eigenvalue weighted by Gasteiger charge is 1.99. The fourth-order valence-corrected chi connectivity index (χ4v) is 2.20. The maximum absolute atomic E-state index is 5.75. The van der Waals surface area contributed by atoms with Crippen molar-refractivity contribution in [1.29, 1.82) is 0 Å². The lowest BCUT2D eigenvalue weighted by Gasteiger charge is -2.11. The SMILES string of the molecule is CCCC(C)OCCCCCCc1ccccc1. The Labute approximate surface area is 113 Å². The third-order valence-electron chi connectivity index (χ3n) is 3.30. The molecular formula is C17H28O. The molecule has 0 bridgehead atoms. The maximum Gasteiger partial charge on any atom is 0.0546 e. The Hall–Kier alpha value is -0.820. The summed E-state index contributed by atoms with van der Waals surface area (Å²) in [5.41, 5.74) is 1.46. The zero-order valence-corrected chi connectivity index (χ0v) is 12.0. The Morgan fingerprint density at radius 3 is 2.44 bits per heavy atom. The van der Waals surface area contributed by atoms with E-state index in [1.165, 1.54) is 50.5 Å². The summed E-state index contributed by atoms with van der Waals surface area (Å²) in [6, 6.07) is 10.8. The molecule has 1 atom stereocenters. The third-order valence-corrected chi connectivity index (χ3v) is 3.30. The quantitative estimate of drug-likeness (QED) is 0.530. The average Bonchev–Trinajstić information content (AvgIpc) is 2.39. The molecule has 0 aromatic heterocycles. The normalized spacial score (nSPS) is 12.6. The monoisotopic (exact) mass is 248 g/mol. The maximum atomic E-state index is 5.75. The van der Waals surface area contributed by atoms with E-state index in [0.717, 1.165) is 6.61 Å². The first-order valence-corrected chi connectivity index (χ1v) is 7.48. The van der Waals surface area contributed by atoms with Gasteiger partial charge in [0.05, 0.1) is 6.10 Å². The van der Waals surface area contributed by atoms with Crippen molar-refractivity contribution < 1.29 is 4.74 Å². The molecule has 0 heterocycles. The van der Waals surface area contributed by atoms with Gasteiger partial charge in [-0.1, -0.05) is 56.5 Å². The summed E-state index contributed by atoms with van der Waals surface area (Å²) in [5, 5.41) is 0.